The fourth-order valence-electron chi connectivity index (χ4n) is 1.89. The van der Waals surface area contributed by atoms with Crippen molar-refractivity contribution in [3.63, 3.8) is 0 Å². The first-order valence-corrected chi connectivity index (χ1v) is 6.45. The van der Waals surface area contributed by atoms with Crippen molar-refractivity contribution in [1.82, 2.24) is 5.32 Å². The van der Waals surface area contributed by atoms with Crippen LogP contribution in [0.5, 0.6) is 5.75 Å². The van der Waals surface area contributed by atoms with E-state index in [-0.39, 0.29) is 11.3 Å². The number of amides is 1. The highest BCUT2D eigenvalue weighted by molar-refractivity contribution is 5.94. The van der Waals surface area contributed by atoms with Crippen LogP contribution in [0.25, 0.3) is 0 Å². The van der Waals surface area contributed by atoms with Crippen molar-refractivity contribution < 1.29 is 9.53 Å². The van der Waals surface area contributed by atoms with Gasteiger partial charge < -0.3 is 10.1 Å². The van der Waals surface area contributed by atoms with Crippen LogP contribution in [0.15, 0.2) is 18.2 Å². The summed E-state index contributed by atoms with van der Waals surface area (Å²) in [5.74, 6) is 0.780. The summed E-state index contributed by atoms with van der Waals surface area (Å²) in [6, 6.07) is 5.72. The molecule has 0 unspecified atom stereocenters. The summed E-state index contributed by atoms with van der Waals surface area (Å²) in [6.45, 7) is 6.46. The third kappa shape index (κ3) is 2.84. The summed E-state index contributed by atoms with van der Waals surface area (Å²) >= 11 is 0. The Morgan fingerprint density at radius 3 is 2.50 bits per heavy atom. The lowest BCUT2D eigenvalue weighted by atomic mass is 9.85. The SMILES string of the molecule is CNC(=O)c1ccc(C(C)(C)C)c(OC2CC2)c1. The van der Waals surface area contributed by atoms with E-state index in [1.165, 1.54) is 0 Å². The minimum atomic E-state index is -0.0730. The Balaban J connectivity index is 2.37. The topological polar surface area (TPSA) is 38.3 Å². The fraction of sp³-hybridized carbons (Fsp3) is 0.533. The molecule has 1 aliphatic carbocycles. The molecule has 0 bridgehead atoms. The van der Waals surface area contributed by atoms with Crippen molar-refractivity contribution in [2.75, 3.05) is 7.05 Å². The monoisotopic (exact) mass is 247 g/mol. The molecular weight excluding hydrogens is 226 g/mol. The number of carbonyl (C=O) groups is 1. The van der Waals surface area contributed by atoms with Crippen LogP contribution in [0.4, 0.5) is 0 Å². The van der Waals surface area contributed by atoms with Crippen LogP contribution in [0.2, 0.25) is 0 Å². The molecule has 0 spiro atoms. The molecule has 0 aromatic heterocycles. The normalized spacial score (nSPS) is 15.3. The first kappa shape index (κ1) is 12.9. The second-order valence-corrected chi connectivity index (χ2v) is 5.86. The Labute approximate surface area is 109 Å². The molecule has 0 aliphatic heterocycles. The highest BCUT2D eigenvalue weighted by Gasteiger charge is 2.27. The molecule has 98 valence electrons. The quantitative estimate of drug-likeness (QED) is 0.892. The maximum Gasteiger partial charge on any atom is 0.251 e. The molecule has 18 heavy (non-hydrogen) atoms. The van der Waals surface area contributed by atoms with E-state index >= 15 is 0 Å². The van der Waals surface area contributed by atoms with E-state index in [9.17, 15) is 4.79 Å². The molecule has 3 heteroatoms. The predicted octanol–water partition coefficient (Wildman–Crippen LogP) is 2.88. The van der Waals surface area contributed by atoms with Gasteiger partial charge in [0.1, 0.15) is 5.75 Å². The number of ether oxygens (including phenoxy) is 1. The minimum Gasteiger partial charge on any atom is -0.490 e. The van der Waals surface area contributed by atoms with Crippen LogP contribution in [-0.2, 0) is 5.41 Å². The zero-order valence-electron chi connectivity index (χ0n) is 11.5. The Bertz CT molecular complexity index is 456. The Morgan fingerprint density at radius 1 is 1.33 bits per heavy atom. The van der Waals surface area contributed by atoms with Gasteiger partial charge in [-0.25, -0.2) is 0 Å². The number of hydrogen-bond donors (Lipinski definition) is 1. The molecule has 3 nitrogen and oxygen atoms in total. The number of benzene rings is 1. The Kier molecular flexibility index (Phi) is 3.33. The summed E-state index contributed by atoms with van der Waals surface area (Å²) in [6.07, 6.45) is 2.58. The second-order valence-electron chi connectivity index (χ2n) is 5.86. The highest BCUT2D eigenvalue weighted by Crippen LogP contribution is 2.36. The Morgan fingerprint density at radius 2 is 2.00 bits per heavy atom. The predicted molar refractivity (Wildman–Crippen MR) is 72.2 cm³/mol. The van der Waals surface area contributed by atoms with Gasteiger partial charge in [-0.1, -0.05) is 26.8 Å². The third-order valence-electron chi connectivity index (χ3n) is 3.10. The van der Waals surface area contributed by atoms with Gasteiger partial charge in [0, 0.05) is 12.6 Å². The molecule has 0 saturated heterocycles. The largest absolute Gasteiger partial charge is 0.490 e. The molecule has 0 radical (unpaired) electrons. The van der Waals surface area contributed by atoms with Crippen molar-refractivity contribution >= 4 is 5.91 Å². The number of hydrogen-bond acceptors (Lipinski definition) is 2. The number of carbonyl (C=O) groups excluding carboxylic acids is 1. The third-order valence-corrected chi connectivity index (χ3v) is 3.10. The van der Waals surface area contributed by atoms with Crippen LogP contribution >= 0.6 is 0 Å². The molecule has 0 atom stereocenters. The molecule has 1 amide bonds. The van der Waals surface area contributed by atoms with Gasteiger partial charge in [0.25, 0.3) is 5.91 Å². The fourth-order valence-corrected chi connectivity index (χ4v) is 1.89. The van der Waals surface area contributed by atoms with Gasteiger partial charge in [0.05, 0.1) is 6.10 Å². The van der Waals surface area contributed by atoms with E-state index in [1.807, 2.05) is 18.2 Å². The van der Waals surface area contributed by atoms with Crippen molar-refractivity contribution in [2.45, 2.75) is 45.1 Å². The van der Waals surface area contributed by atoms with E-state index in [0.29, 0.717) is 11.7 Å². The first-order valence-electron chi connectivity index (χ1n) is 6.45. The highest BCUT2D eigenvalue weighted by atomic mass is 16.5. The lowest BCUT2D eigenvalue weighted by molar-refractivity contribution is 0.0962. The van der Waals surface area contributed by atoms with E-state index in [0.717, 1.165) is 24.2 Å². The van der Waals surface area contributed by atoms with Crippen molar-refractivity contribution in [2.24, 2.45) is 0 Å². The van der Waals surface area contributed by atoms with Gasteiger partial charge in [-0.05, 0) is 36.0 Å². The number of nitrogens with one attached hydrogen (secondary N) is 1. The van der Waals surface area contributed by atoms with Gasteiger partial charge in [-0.15, -0.1) is 0 Å². The average molecular weight is 247 g/mol. The van der Waals surface area contributed by atoms with Gasteiger partial charge in [-0.3, -0.25) is 4.79 Å². The first-order chi connectivity index (χ1) is 8.41. The summed E-state index contributed by atoms with van der Waals surface area (Å²) in [5, 5.41) is 2.64. The lowest BCUT2D eigenvalue weighted by Crippen LogP contribution is -2.19. The molecule has 2 rings (SSSR count). The second kappa shape index (κ2) is 4.63. The smallest absolute Gasteiger partial charge is 0.251 e. The summed E-state index contributed by atoms with van der Waals surface area (Å²) < 4.78 is 5.94. The minimum absolute atomic E-state index is 0.0193. The van der Waals surface area contributed by atoms with Gasteiger partial charge >= 0.3 is 0 Å². The zero-order valence-corrected chi connectivity index (χ0v) is 11.5. The lowest BCUT2D eigenvalue weighted by Gasteiger charge is -2.23. The molecule has 1 N–H and O–H groups in total. The van der Waals surface area contributed by atoms with Crippen LogP contribution in [0.3, 0.4) is 0 Å². The molecule has 1 fully saturated rings. The van der Waals surface area contributed by atoms with Crippen molar-refractivity contribution in [1.29, 1.82) is 0 Å². The van der Waals surface area contributed by atoms with Crippen LogP contribution < -0.4 is 10.1 Å². The summed E-state index contributed by atoms with van der Waals surface area (Å²) in [4.78, 5) is 11.7. The van der Waals surface area contributed by atoms with E-state index in [2.05, 4.69) is 26.1 Å². The van der Waals surface area contributed by atoms with Crippen LogP contribution in [0, 0.1) is 0 Å². The Hall–Kier alpha value is -1.51. The van der Waals surface area contributed by atoms with E-state index in [4.69, 9.17) is 4.74 Å². The van der Waals surface area contributed by atoms with E-state index < -0.39 is 0 Å². The zero-order chi connectivity index (χ0) is 13.3. The van der Waals surface area contributed by atoms with E-state index in [1.54, 1.807) is 7.05 Å². The molecule has 1 saturated carbocycles. The van der Waals surface area contributed by atoms with Crippen molar-refractivity contribution in [3.8, 4) is 5.75 Å². The number of rotatable bonds is 3. The standard InChI is InChI=1S/C15H21NO2/c1-15(2,3)12-8-5-10(14(17)16-4)9-13(12)18-11-6-7-11/h5,8-9,11H,6-7H2,1-4H3,(H,16,17). The maximum absolute atomic E-state index is 11.7. The summed E-state index contributed by atoms with van der Waals surface area (Å²) in [7, 11) is 1.64. The van der Waals surface area contributed by atoms with Crippen LogP contribution in [-0.4, -0.2) is 19.1 Å². The molecule has 1 aromatic rings. The van der Waals surface area contributed by atoms with Gasteiger partial charge in [0.15, 0.2) is 0 Å². The molecule has 1 aliphatic rings. The molecule has 1 aromatic carbocycles. The molecule has 0 heterocycles. The summed E-state index contributed by atoms with van der Waals surface area (Å²) in [5.41, 5.74) is 1.83. The van der Waals surface area contributed by atoms with Crippen molar-refractivity contribution in [3.05, 3.63) is 29.3 Å². The van der Waals surface area contributed by atoms with Gasteiger partial charge in [-0.2, -0.15) is 0 Å². The van der Waals surface area contributed by atoms with Gasteiger partial charge in [0.2, 0.25) is 0 Å². The molecular formula is C15H21NO2. The van der Waals surface area contributed by atoms with Crippen LogP contribution in [0.1, 0.15) is 49.5 Å². The average Bonchev–Trinajstić information content (AvgIpc) is 3.10. The maximum atomic E-state index is 11.7.